The third-order valence-electron chi connectivity index (χ3n) is 2.28. The van der Waals surface area contributed by atoms with Crippen LogP contribution in [0, 0.1) is 13.8 Å². The molecule has 2 rings (SSSR count). The van der Waals surface area contributed by atoms with Crippen molar-refractivity contribution in [2.24, 2.45) is 0 Å². The Morgan fingerprint density at radius 1 is 1.41 bits per heavy atom. The molecule has 17 heavy (non-hydrogen) atoms. The van der Waals surface area contributed by atoms with Gasteiger partial charge >= 0.3 is 0 Å². The van der Waals surface area contributed by atoms with Crippen molar-refractivity contribution in [2.75, 3.05) is 11.4 Å². The quantitative estimate of drug-likeness (QED) is 0.848. The summed E-state index contributed by atoms with van der Waals surface area (Å²) in [6.07, 6.45) is 1.55. The van der Waals surface area contributed by atoms with E-state index < -0.39 is 10.0 Å². The molecule has 0 radical (unpaired) electrons. The first kappa shape index (κ1) is 12.1. The third kappa shape index (κ3) is 1.93. The van der Waals surface area contributed by atoms with Gasteiger partial charge in [0.1, 0.15) is 5.69 Å². The molecule has 0 aromatic carbocycles. The molecule has 0 N–H and O–H groups in total. The van der Waals surface area contributed by atoms with Crippen LogP contribution in [-0.2, 0) is 10.0 Å². The lowest BCUT2D eigenvalue weighted by Gasteiger charge is -2.15. The van der Waals surface area contributed by atoms with Gasteiger partial charge in [0.2, 0.25) is 0 Å². The molecule has 6 nitrogen and oxygen atoms in total. The molecule has 0 aliphatic heterocycles. The summed E-state index contributed by atoms with van der Waals surface area (Å²) in [5.41, 5.74) is 0.353. The van der Waals surface area contributed by atoms with Gasteiger partial charge in [0.25, 0.3) is 10.0 Å². The number of nitrogens with zero attached hydrogens (tertiary/aromatic N) is 3. The number of sulfonamides is 1. The summed E-state index contributed by atoms with van der Waals surface area (Å²) in [5, 5.41) is 5.77. The Hall–Kier alpha value is -1.41. The average Bonchev–Trinajstić information content (AvgIpc) is 2.87. The zero-order valence-electron chi connectivity index (χ0n) is 9.54. The molecule has 0 aliphatic rings. The zero-order chi connectivity index (χ0) is 12.6. The van der Waals surface area contributed by atoms with E-state index in [1.54, 1.807) is 25.4 Å². The maximum Gasteiger partial charge on any atom is 0.271 e. The fraction of sp³-hybridized carbons (Fsp3) is 0.333. The van der Waals surface area contributed by atoms with E-state index >= 15 is 0 Å². The summed E-state index contributed by atoms with van der Waals surface area (Å²) in [5.74, 6) is 0.283. The second kappa shape index (κ2) is 4.11. The minimum absolute atomic E-state index is 0.107. The topological polar surface area (TPSA) is 76.3 Å². The number of rotatable bonds is 3. The van der Waals surface area contributed by atoms with Crippen LogP contribution in [0.3, 0.4) is 0 Å². The molecule has 2 heterocycles. The number of anilines is 1. The van der Waals surface area contributed by atoms with Gasteiger partial charge in [-0.25, -0.2) is 17.7 Å². The molecular formula is C9H11N3O3S2. The lowest BCUT2D eigenvalue weighted by atomic mass is 10.4. The molecule has 0 atom stereocenters. The van der Waals surface area contributed by atoms with Crippen LogP contribution in [0.4, 0.5) is 5.13 Å². The van der Waals surface area contributed by atoms with E-state index in [4.69, 9.17) is 4.52 Å². The van der Waals surface area contributed by atoms with Crippen molar-refractivity contribution >= 4 is 26.5 Å². The maximum atomic E-state index is 12.3. The number of thiazole rings is 1. The van der Waals surface area contributed by atoms with E-state index in [1.165, 1.54) is 18.4 Å². The Morgan fingerprint density at radius 2 is 2.12 bits per heavy atom. The second-order valence-electron chi connectivity index (χ2n) is 3.44. The predicted octanol–water partition coefficient (Wildman–Crippen LogP) is 1.57. The van der Waals surface area contributed by atoms with Crippen LogP contribution in [0.5, 0.6) is 0 Å². The Balaban J connectivity index is 2.51. The Morgan fingerprint density at radius 3 is 2.59 bits per heavy atom. The summed E-state index contributed by atoms with van der Waals surface area (Å²) < 4.78 is 30.7. The molecule has 92 valence electrons. The molecule has 0 unspecified atom stereocenters. The standard InChI is InChI=1S/C9H11N3O3S2/c1-6-8(7(2)15-11-6)17(13,14)12(3)9-10-4-5-16-9/h4-5H,1-3H3. The van der Waals surface area contributed by atoms with E-state index in [0.29, 0.717) is 10.8 Å². The first-order valence-electron chi connectivity index (χ1n) is 4.76. The molecule has 0 spiro atoms. The average molecular weight is 273 g/mol. The molecule has 0 fully saturated rings. The van der Waals surface area contributed by atoms with Gasteiger partial charge < -0.3 is 4.52 Å². The molecular weight excluding hydrogens is 262 g/mol. The SMILES string of the molecule is Cc1noc(C)c1S(=O)(=O)N(C)c1nccs1. The van der Waals surface area contributed by atoms with Crippen LogP contribution in [-0.4, -0.2) is 25.6 Å². The van der Waals surface area contributed by atoms with Crippen LogP contribution >= 0.6 is 11.3 Å². The molecule has 0 saturated heterocycles. The fourth-order valence-electron chi connectivity index (χ4n) is 1.45. The largest absolute Gasteiger partial charge is 0.360 e. The van der Waals surface area contributed by atoms with Gasteiger partial charge in [0.15, 0.2) is 15.8 Å². The van der Waals surface area contributed by atoms with Crippen LogP contribution in [0.15, 0.2) is 21.0 Å². The van der Waals surface area contributed by atoms with Gasteiger partial charge in [-0.3, -0.25) is 0 Å². The normalized spacial score (nSPS) is 11.7. The van der Waals surface area contributed by atoms with Gasteiger partial charge in [0.05, 0.1) is 0 Å². The highest BCUT2D eigenvalue weighted by atomic mass is 32.2. The molecule has 0 saturated carbocycles. The van der Waals surface area contributed by atoms with Gasteiger partial charge in [-0.15, -0.1) is 11.3 Å². The number of hydrogen-bond acceptors (Lipinski definition) is 6. The fourth-order valence-corrected chi connectivity index (χ4v) is 3.73. The molecule has 8 heteroatoms. The van der Waals surface area contributed by atoms with Crippen molar-refractivity contribution in [2.45, 2.75) is 18.7 Å². The van der Waals surface area contributed by atoms with Crippen LogP contribution in [0.1, 0.15) is 11.5 Å². The molecule has 0 amide bonds. The minimum atomic E-state index is -3.65. The van der Waals surface area contributed by atoms with Gasteiger partial charge in [-0.05, 0) is 13.8 Å². The van der Waals surface area contributed by atoms with Crippen LogP contribution in [0.25, 0.3) is 0 Å². The van der Waals surface area contributed by atoms with Crippen molar-refractivity contribution in [1.29, 1.82) is 0 Å². The summed E-state index contributed by atoms with van der Waals surface area (Å²) >= 11 is 1.25. The van der Waals surface area contributed by atoms with Crippen molar-refractivity contribution in [3.63, 3.8) is 0 Å². The van der Waals surface area contributed by atoms with Crippen LogP contribution in [0.2, 0.25) is 0 Å². The summed E-state index contributed by atoms with van der Waals surface area (Å²) in [6, 6.07) is 0. The van der Waals surface area contributed by atoms with Crippen molar-refractivity contribution in [3.05, 3.63) is 23.0 Å². The highest BCUT2D eigenvalue weighted by Crippen LogP contribution is 2.27. The molecule has 0 bridgehead atoms. The summed E-state index contributed by atoms with van der Waals surface area (Å²) in [4.78, 5) is 4.07. The van der Waals surface area contributed by atoms with E-state index in [1.807, 2.05) is 0 Å². The van der Waals surface area contributed by atoms with Gasteiger partial charge in [-0.1, -0.05) is 5.16 Å². The first-order valence-corrected chi connectivity index (χ1v) is 7.08. The first-order chi connectivity index (χ1) is 7.94. The number of aryl methyl sites for hydroxylation is 2. The third-order valence-corrected chi connectivity index (χ3v) is 5.23. The lowest BCUT2D eigenvalue weighted by molar-refractivity contribution is 0.390. The van der Waals surface area contributed by atoms with Crippen LogP contribution < -0.4 is 4.31 Å². The predicted molar refractivity (Wildman–Crippen MR) is 63.7 cm³/mol. The lowest BCUT2D eigenvalue weighted by Crippen LogP contribution is -2.27. The van der Waals surface area contributed by atoms with Gasteiger partial charge in [0, 0.05) is 18.6 Å². The summed E-state index contributed by atoms with van der Waals surface area (Å²) in [7, 11) is -2.20. The molecule has 2 aromatic rings. The Bertz CT molecular complexity index is 596. The van der Waals surface area contributed by atoms with E-state index in [-0.39, 0.29) is 10.7 Å². The number of hydrogen-bond donors (Lipinski definition) is 0. The minimum Gasteiger partial charge on any atom is -0.360 e. The number of aromatic nitrogens is 2. The van der Waals surface area contributed by atoms with E-state index in [2.05, 4.69) is 10.1 Å². The highest BCUT2D eigenvalue weighted by molar-refractivity contribution is 7.93. The van der Waals surface area contributed by atoms with Crippen molar-refractivity contribution in [3.8, 4) is 0 Å². The van der Waals surface area contributed by atoms with E-state index in [0.717, 1.165) is 4.31 Å². The molecule has 0 aliphatic carbocycles. The molecule has 2 aromatic heterocycles. The smallest absolute Gasteiger partial charge is 0.271 e. The van der Waals surface area contributed by atoms with Gasteiger partial charge in [-0.2, -0.15) is 0 Å². The Labute approximate surface area is 103 Å². The summed E-state index contributed by atoms with van der Waals surface area (Å²) in [6.45, 7) is 3.17. The second-order valence-corrected chi connectivity index (χ2v) is 6.22. The highest BCUT2D eigenvalue weighted by Gasteiger charge is 2.29. The monoisotopic (exact) mass is 273 g/mol. The van der Waals surface area contributed by atoms with Crippen molar-refractivity contribution in [1.82, 2.24) is 10.1 Å². The maximum absolute atomic E-state index is 12.3. The zero-order valence-corrected chi connectivity index (χ0v) is 11.2. The van der Waals surface area contributed by atoms with E-state index in [9.17, 15) is 8.42 Å². The van der Waals surface area contributed by atoms with Crippen molar-refractivity contribution < 1.29 is 12.9 Å². The Kier molecular flexibility index (Phi) is 2.92.